The quantitative estimate of drug-likeness (QED) is 0.415. The van der Waals surface area contributed by atoms with Crippen LogP contribution in [0.3, 0.4) is 0 Å². The second kappa shape index (κ2) is 8.52. The summed E-state index contributed by atoms with van der Waals surface area (Å²) in [4.78, 5) is 23.8. The predicted octanol–water partition coefficient (Wildman–Crippen LogP) is 3.75. The first kappa shape index (κ1) is 20.9. The van der Waals surface area contributed by atoms with Crippen molar-refractivity contribution in [1.29, 1.82) is 0 Å². The minimum atomic E-state index is -1.52. The molecule has 6 nitrogen and oxygen atoms in total. The average Bonchev–Trinajstić information content (AvgIpc) is 3.05. The summed E-state index contributed by atoms with van der Waals surface area (Å²) in [5.74, 6) is -2.03. The zero-order valence-corrected chi connectivity index (χ0v) is 16.9. The normalized spacial score (nSPS) is 22.3. The highest BCUT2D eigenvalue weighted by Crippen LogP contribution is 2.50. The highest BCUT2D eigenvalue weighted by atomic mass is 32.2. The van der Waals surface area contributed by atoms with Gasteiger partial charge in [-0.05, 0) is 31.7 Å². The molecule has 2 unspecified atom stereocenters. The molecule has 7 heteroatoms. The van der Waals surface area contributed by atoms with Crippen LogP contribution in [0.15, 0.2) is 53.8 Å². The Balaban J connectivity index is 2.50. The lowest BCUT2D eigenvalue weighted by Gasteiger charge is -2.35. The Morgan fingerprint density at radius 1 is 1.15 bits per heavy atom. The van der Waals surface area contributed by atoms with E-state index in [0.29, 0.717) is 0 Å². The first-order valence-corrected chi connectivity index (χ1v) is 9.24. The zero-order chi connectivity index (χ0) is 20.1. The molecule has 0 radical (unpaired) electrons. The topological polar surface area (TPSA) is 71.1 Å². The Hall–Kier alpha value is -2.41. The monoisotopic (exact) mass is 392 g/mol. The number of rotatable bonds is 6. The third-order valence-electron chi connectivity index (χ3n) is 3.64. The van der Waals surface area contributed by atoms with Crippen molar-refractivity contribution in [3.63, 3.8) is 0 Å². The van der Waals surface area contributed by atoms with E-state index in [4.69, 9.17) is 18.9 Å². The van der Waals surface area contributed by atoms with Crippen molar-refractivity contribution in [1.82, 2.24) is 0 Å². The molecule has 0 aromatic heterocycles. The van der Waals surface area contributed by atoms with Gasteiger partial charge in [0.1, 0.15) is 11.9 Å². The summed E-state index contributed by atoms with van der Waals surface area (Å²) in [7, 11) is 2.60. The molecule has 1 aromatic rings. The van der Waals surface area contributed by atoms with Gasteiger partial charge in [-0.25, -0.2) is 9.59 Å². The molecule has 0 amide bonds. The summed E-state index contributed by atoms with van der Waals surface area (Å²) in [6.45, 7) is 5.32. The number of methoxy groups -OCH3 is 2. The third-order valence-corrected chi connectivity index (χ3v) is 4.79. The molecular weight excluding hydrogens is 368 g/mol. The second-order valence-corrected chi connectivity index (χ2v) is 7.93. The number of carbonyl (C=O) groups excluding carboxylic acids is 2. The molecule has 2 atom stereocenters. The first-order valence-electron chi connectivity index (χ1n) is 8.36. The van der Waals surface area contributed by atoms with Crippen LogP contribution >= 0.6 is 11.8 Å². The molecule has 0 spiro atoms. The number of thioether (sulfide) groups is 1. The van der Waals surface area contributed by atoms with E-state index in [9.17, 15) is 9.59 Å². The van der Waals surface area contributed by atoms with Gasteiger partial charge >= 0.3 is 11.9 Å². The van der Waals surface area contributed by atoms with Crippen LogP contribution in [0.2, 0.25) is 0 Å². The molecule has 0 saturated carbocycles. The lowest BCUT2D eigenvalue weighted by atomic mass is 9.92. The highest BCUT2D eigenvalue weighted by molar-refractivity contribution is 8.04. The van der Waals surface area contributed by atoms with Crippen molar-refractivity contribution < 1.29 is 28.5 Å². The zero-order valence-electron chi connectivity index (χ0n) is 16.1. The van der Waals surface area contributed by atoms with Gasteiger partial charge < -0.3 is 18.9 Å². The third kappa shape index (κ3) is 4.86. The van der Waals surface area contributed by atoms with Crippen molar-refractivity contribution >= 4 is 23.7 Å². The number of ether oxygens (including phenoxy) is 4. The van der Waals surface area contributed by atoms with Crippen molar-refractivity contribution in [3.05, 3.63) is 59.4 Å². The summed E-state index contributed by atoms with van der Waals surface area (Å²) < 4.78 is 21.3. The van der Waals surface area contributed by atoms with Crippen LogP contribution in [0, 0.1) is 0 Å². The molecule has 0 saturated heterocycles. The number of hydrogen-bond donors (Lipinski definition) is 0. The number of benzene rings is 1. The number of hydrogen-bond acceptors (Lipinski definition) is 7. The largest absolute Gasteiger partial charge is 0.500 e. The molecule has 1 heterocycles. The van der Waals surface area contributed by atoms with Crippen molar-refractivity contribution in [2.45, 2.75) is 37.2 Å². The minimum Gasteiger partial charge on any atom is -0.500 e. The molecule has 1 aliphatic rings. The smallest absolute Gasteiger partial charge is 0.376 e. The SMILES string of the molecule is COC=C(OC1(C(=O)OC(C)(C)C)SC=CC1c1ccccc1)C(=O)OC. The Bertz CT molecular complexity index is 735. The summed E-state index contributed by atoms with van der Waals surface area (Å²) >= 11 is 1.14. The Morgan fingerprint density at radius 3 is 2.37 bits per heavy atom. The minimum absolute atomic E-state index is 0.219. The van der Waals surface area contributed by atoms with Crippen molar-refractivity contribution in [2.75, 3.05) is 14.2 Å². The molecular formula is C20H24O6S. The molecule has 0 N–H and O–H groups in total. The lowest BCUT2D eigenvalue weighted by Crippen LogP contribution is -2.46. The maximum Gasteiger partial charge on any atom is 0.376 e. The van der Waals surface area contributed by atoms with Crippen molar-refractivity contribution in [2.24, 2.45) is 0 Å². The average molecular weight is 392 g/mol. The van der Waals surface area contributed by atoms with Gasteiger partial charge in [-0.3, -0.25) is 0 Å². The van der Waals surface area contributed by atoms with Gasteiger partial charge in [0.05, 0.1) is 20.1 Å². The molecule has 27 heavy (non-hydrogen) atoms. The van der Waals surface area contributed by atoms with Gasteiger partial charge in [0.2, 0.25) is 5.76 Å². The van der Waals surface area contributed by atoms with Gasteiger partial charge in [-0.15, -0.1) is 0 Å². The van der Waals surface area contributed by atoms with Gasteiger partial charge in [0.15, 0.2) is 0 Å². The fourth-order valence-electron chi connectivity index (χ4n) is 2.55. The van der Waals surface area contributed by atoms with E-state index in [0.717, 1.165) is 23.6 Å². The maximum absolute atomic E-state index is 13.2. The second-order valence-electron chi connectivity index (χ2n) is 6.82. The van der Waals surface area contributed by atoms with Gasteiger partial charge in [0.25, 0.3) is 4.93 Å². The number of esters is 2. The van der Waals surface area contributed by atoms with E-state index in [1.165, 1.54) is 14.2 Å². The molecule has 1 aromatic carbocycles. The summed E-state index contributed by atoms with van der Waals surface area (Å²) in [5.41, 5.74) is 0.125. The Morgan fingerprint density at radius 2 is 1.81 bits per heavy atom. The standard InChI is InChI=1S/C20H24O6S/c1-19(2,3)26-18(22)20(25-16(13-23-4)17(21)24-5)15(11-12-27-20)14-9-7-6-8-10-14/h6-13,15H,1-5H3. The van der Waals surface area contributed by atoms with Crippen LogP contribution in [-0.4, -0.2) is 36.7 Å². The van der Waals surface area contributed by atoms with Crippen LogP contribution in [0.25, 0.3) is 0 Å². The molecule has 146 valence electrons. The van der Waals surface area contributed by atoms with E-state index in [1.807, 2.05) is 36.4 Å². The first-order chi connectivity index (χ1) is 12.7. The van der Waals surface area contributed by atoms with Gasteiger partial charge in [-0.2, -0.15) is 0 Å². The fraction of sp³-hybridized carbons (Fsp3) is 0.400. The van der Waals surface area contributed by atoms with Crippen LogP contribution in [0.4, 0.5) is 0 Å². The molecule has 1 aliphatic heterocycles. The van der Waals surface area contributed by atoms with Gasteiger partial charge in [0, 0.05) is 0 Å². The Labute approximate surface area is 163 Å². The van der Waals surface area contributed by atoms with Crippen LogP contribution < -0.4 is 0 Å². The van der Waals surface area contributed by atoms with Gasteiger partial charge in [-0.1, -0.05) is 48.2 Å². The number of carbonyl (C=O) groups is 2. The summed E-state index contributed by atoms with van der Waals surface area (Å²) in [6, 6.07) is 9.41. The molecule has 0 fully saturated rings. The van der Waals surface area contributed by atoms with E-state index in [-0.39, 0.29) is 5.76 Å². The molecule has 0 bridgehead atoms. The Kier molecular flexibility index (Phi) is 6.59. The lowest BCUT2D eigenvalue weighted by molar-refractivity contribution is -0.171. The van der Waals surface area contributed by atoms with E-state index < -0.39 is 28.4 Å². The van der Waals surface area contributed by atoms with E-state index in [2.05, 4.69) is 0 Å². The fourth-order valence-corrected chi connectivity index (χ4v) is 3.62. The molecule has 2 rings (SSSR count). The van der Waals surface area contributed by atoms with Crippen LogP contribution in [-0.2, 0) is 28.5 Å². The van der Waals surface area contributed by atoms with Crippen molar-refractivity contribution in [3.8, 4) is 0 Å². The van der Waals surface area contributed by atoms with Crippen LogP contribution in [0.1, 0.15) is 32.3 Å². The molecule has 0 aliphatic carbocycles. The van der Waals surface area contributed by atoms with E-state index in [1.54, 1.807) is 26.2 Å². The summed E-state index contributed by atoms with van der Waals surface area (Å²) in [5, 5.41) is 1.77. The predicted molar refractivity (Wildman–Crippen MR) is 103 cm³/mol. The van der Waals surface area contributed by atoms with E-state index >= 15 is 0 Å². The maximum atomic E-state index is 13.2. The van der Waals surface area contributed by atoms with Crippen LogP contribution in [0.5, 0.6) is 0 Å². The summed E-state index contributed by atoms with van der Waals surface area (Å²) in [6.07, 6.45) is 2.96. The highest BCUT2D eigenvalue weighted by Gasteiger charge is 2.54.